The summed E-state index contributed by atoms with van der Waals surface area (Å²) >= 11 is 0. The molecule has 19 aromatic carbocycles. The molecule has 0 aliphatic rings. The van der Waals surface area contributed by atoms with Gasteiger partial charge in [-0.1, -0.05) is 507 Å². The van der Waals surface area contributed by atoms with E-state index >= 15 is 0 Å². The first-order chi connectivity index (χ1) is 61.5. The standard InChI is InChI=1S/4C14H14.4C12H12.3C8H10/c1-11-3-7-13(8-4-11)14-9-5-12(2)6-10-14;1-11-5-3-7-13(9-11)14-8-4-6-12(2)10-14;2*1-11-6-8-13(9-7-11)14-5-3-4-12(2)10-14;1-9-3-5-12-8-10(2)4-6-11(12)7-9;1-9-3-5-11-6-4-10(2)8-12(11)7-9;1-9-6-7-12-10(2)4-3-5-11(12)8-9;1-9-7-8-10(2)12-6-4-3-5-11(9)12;1-7-3-5-8(2)6-4-7;1-7-4-3-5-8(2)6-7;1-7-5-3-4-6-8(7)2/h4*3-10H,1-2H3;4*3-8H,1-2H3;3*3-6H,1-2H3. The Kier molecular flexibility index (Phi) is 38.6. The Hall–Kier alpha value is -13.8. The first kappa shape index (κ1) is 98.0. The predicted octanol–water partition coefficient (Wildman–Crippen LogP) is 36.6. The molecule has 0 amide bonds. The van der Waals surface area contributed by atoms with Gasteiger partial charge in [-0.15, -0.1) is 0 Å². The van der Waals surface area contributed by atoms with E-state index in [1.165, 1.54) is 210 Å². The number of benzene rings is 19. The molecule has 0 spiro atoms. The van der Waals surface area contributed by atoms with Crippen LogP contribution in [0.3, 0.4) is 0 Å². The van der Waals surface area contributed by atoms with Gasteiger partial charge in [-0.3, -0.25) is 0 Å². The van der Waals surface area contributed by atoms with Crippen LogP contribution < -0.4 is 0 Å². The van der Waals surface area contributed by atoms with Crippen LogP contribution in [0.2, 0.25) is 0 Å². The summed E-state index contributed by atoms with van der Waals surface area (Å²) in [6.45, 7) is 46.7. The monoisotopic (exact) mass is 1670 g/mol. The van der Waals surface area contributed by atoms with E-state index in [4.69, 9.17) is 0 Å². The molecular formula is C128H134. The van der Waals surface area contributed by atoms with Gasteiger partial charge >= 0.3 is 0 Å². The quantitative estimate of drug-likeness (QED) is 0.165. The highest BCUT2D eigenvalue weighted by Gasteiger charge is 2.04. The summed E-state index contributed by atoms with van der Waals surface area (Å²) in [5.74, 6) is 0. The fourth-order valence-electron chi connectivity index (χ4n) is 14.5. The molecule has 0 aliphatic carbocycles. The number of aryl methyl sites for hydroxylation is 22. The van der Waals surface area contributed by atoms with E-state index in [9.17, 15) is 0 Å². The Balaban J connectivity index is 0.000000160. The Morgan fingerprint density at radius 2 is 0.305 bits per heavy atom. The minimum absolute atomic E-state index is 1.29. The lowest BCUT2D eigenvalue weighted by Gasteiger charge is -2.03. The van der Waals surface area contributed by atoms with Crippen molar-refractivity contribution < 1.29 is 0 Å². The number of rotatable bonds is 4. The summed E-state index contributed by atoms with van der Waals surface area (Å²) in [5.41, 5.74) is 39.6. The van der Waals surface area contributed by atoms with Crippen LogP contribution in [0.5, 0.6) is 0 Å². The first-order valence-corrected chi connectivity index (χ1v) is 45.0. The third-order valence-electron chi connectivity index (χ3n) is 22.3. The van der Waals surface area contributed by atoms with Crippen LogP contribution in [0, 0.1) is 152 Å². The van der Waals surface area contributed by atoms with Gasteiger partial charge in [-0.05, 0) is 268 Å². The molecule has 0 aromatic heterocycles. The van der Waals surface area contributed by atoms with Crippen LogP contribution in [0.15, 0.2) is 413 Å². The van der Waals surface area contributed by atoms with Gasteiger partial charge in [0.2, 0.25) is 0 Å². The van der Waals surface area contributed by atoms with E-state index < -0.39 is 0 Å². The largest absolute Gasteiger partial charge is 0.0620 e. The van der Waals surface area contributed by atoms with Crippen LogP contribution in [0.25, 0.3) is 87.6 Å². The maximum atomic E-state index is 2.22. The van der Waals surface area contributed by atoms with Gasteiger partial charge in [-0.25, -0.2) is 0 Å². The molecule has 0 nitrogen and oxygen atoms in total. The summed E-state index contributed by atoms with van der Waals surface area (Å²) in [5, 5.41) is 10.8. The van der Waals surface area contributed by atoms with Gasteiger partial charge in [0.1, 0.15) is 0 Å². The number of fused-ring (bicyclic) bond motifs is 4. The average Bonchev–Trinajstić information content (AvgIpc) is 0.566. The van der Waals surface area contributed by atoms with Crippen molar-refractivity contribution in [1.82, 2.24) is 0 Å². The van der Waals surface area contributed by atoms with Gasteiger partial charge in [0, 0.05) is 0 Å². The van der Waals surface area contributed by atoms with Crippen molar-refractivity contribution >= 4 is 43.1 Å². The Morgan fingerprint density at radius 1 is 0.0938 bits per heavy atom. The van der Waals surface area contributed by atoms with E-state index in [0.717, 1.165) is 0 Å². The molecule has 0 unspecified atom stereocenters. The fourth-order valence-corrected chi connectivity index (χ4v) is 14.5. The summed E-state index contributed by atoms with van der Waals surface area (Å²) < 4.78 is 0. The second-order valence-electron chi connectivity index (χ2n) is 34.6. The van der Waals surface area contributed by atoms with E-state index in [1.54, 1.807) is 0 Å². The summed E-state index contributed by atoms with van der Waals surface area (Å²) in [6, 6.07) is 146. The molecule has 0 bridgehead atoms. The maximum absolute atomic E-state index is 2.22. The molecule has 128 heavy (non-hydrogen) atoms. The van der Waals surface area contributed by atoms with Crippen LogP contribution in [-0.4, -0.2) is 0 Å². The van der Waals surface area contributed by atoms with Crippen molar-refractivity contribution in [2.75, 3.05) is 0 Å². The molecule has 19 rings (SSSR count). The van der Waals surface area contributed by atoms with Crippen LogP contribution >= 0.6 is 0 Å². The molecule has 0 heterocycles. The van der Waals surface area contributed by atoms with Gasteiger partial charge in [-0.2, -0.15) is 0 Å². The summed E-state index contributed by atoms with van der Waals surface area (Å²) in [4.78, 5) is 0. The maximum Gasteiger partial charge on any atom is -0.0152 e. The summed E-state index contributed by atoms with van der Waals surface area (Å²) in [7, 11) is 0. The fraction of sp³-hybridized carbons (Fsp3) is 0.172. The molecule has 0 aliphatic heterocycles. The van der Waals surface area contributed by atoms with Crippen LogP contribution in [0.4, 0.5) is 0 Å². The lowest BCUT2D eigenvalue weighted by molar-refractivity contribution is 1.34. The molecule has 19 aromatic rings. The minimum atomic E-state index is 1.29. The van der Waals surface area contributed by atoms with Crippen molar-refractivity contribution in [2.24, 2.45) is 0 Å². The first-order valence-electron chi connectivity index (χ1n) is 45.0. The zero-order chi connectivity index (χ0) is 92.0. The summed E-state index contributed by atoms with van der Waals surface area (Å²) in [6.07, 6.45) is 0. The van der Waals surface area contributed by atoms with Gasteiger partial charge in [0.15, 0.2) is 0 Å². The lowest BCUT2D eigenvalue weighted by Crippen LogP contribution is -1.80. The third-order valence-corrected chi connectivity index (χ3v) is 22.3. The Morgan fingerprint density at radius 3 is 0.602 bits per heavy atom. The average molecular weight is 1670 g/mol. The van der Waals surface area contributed by atoms with Crippen molar-refractivity contribution in [3.8, 4) is 44.5 Å². The predicted molar refractivity (Wildman–Crippen MR) is 567 cm³/mol. The molecule has 0 N–H and O–H groups in total. The molecule has 0 saturated carbocycles. The zero-order valence-corrected chi connectivity index (χ0v) is 80.3. The molecular weight excluding hydrogens is 1540 g/mol. The van der Waals surface area contributed by atoms with E-state index in [0.29, 0.717) is 0 Å². The second kappa shape index (κ2) is 50.4. The SMILES string of the molecule is Cc1ccc(-c2ccc(C)cc2)cc1.Cc1ccc(-c2cccc(C)c2)cc1.Cc1ccc(-c2cccc(C)c2)cc1.Cc1ccc(C)c2ccccc12.Cc1ccc(C)cc1.Cc1ccc2c(C)cccc2c1.Cc1ccc2cc(C)ccc2c1.Cc1ccc2ccc(C)cc2c1.Cc1cccc(-c2cccc(C)c2)c1.Cc1cccc(C)c1.Cc1ccccc1C. The van der Waals surface area contributed by atoms with E-state index in [2.05, 4.69) is 565 Å². The van der Waals surface area contributed by atoms with Crippen molar-refractivity contribution in [3.05, 3.63) is 535 Å². The zero-order valence-electron chi connectivity index (χ0n) is 80.3. The van der Waals surface area contributed by atoms with Crippen molar-refractivity contribution in [1.29, 1.82) is 0 Å². The topological polar surface area (TPSA) is 0 Å². The van der Waals surface area contributed by atoms with Gasteiger partial charge in [0.25, 0.3) is 0 Å². The highest BCUT2D eigenvalue weighted by molar-refractivity contribution is 5.89. The van der Waals surface area contributed by atoms with Gasteiger partial charge < -0.3 is 0 Å². The highest BCUT2D eigenvalue weighted by Crippen LogP contribution is 2.28. The molecule has 646 valence electrons. The van der Waals surface area contributed by atoms with E-state index in [1.807, 2.05) is 0 Å². The molecule has 0 atom stereocenters. The van der Waals surface area contributed by atoms with Crippen LogP contribution in [0.1, 0.15) is 122 Å². The molecule has 0 radical (unpaired) electrons. The van der Waals surface area contributed by atoms with Gasteiger partial charge in [0.05, 0.1) is 0 Å². The van der Waals surface area contributed by atoms with E-state index in [-0.39, 0.29) is 0 Å². The molecule has 0 saturated heterocycles. The van der Waals surface area contributed by atoms with Crippen LogP contribution in [-0.2, 0) is 0 Å². The van der Waals surface area contributed by atoms with Crippen molar-refractivity contribution in [2.45, 2.75) is 152 Å². The van der Waals surface area contributed by atoms with Crippen molar-refractivity contribution in [3.63, 3.8) is 0 Å². The number of hydrogen-bond donors (Lipinski definition) is 0. The second-order valence-corrected chi connectivity index (χ2v) is 34.6. The molecule has 0 heteroatoms. The minimum Gasteiger partial charge on any atom is -0.0620 e. The number of hydrogen-bond acceptors (Lipinski definition) is 0. The Bertz CT molecular complexity index is 6270. The molecule has 0 fully saturated rings. The normalized spacial score (nSPS) is 10.1. The Labute approximate surface area is 769 Å². The third kappa shape index (κ3) is 33.3. The highest BCUT2D eigenvalue weighted by atomic mass is 14.1. The smallest absolute Gasteiger partial charge is 0.0152 e. The lowest BCUT2D eigenvalue weighted by atomic mass is 10.0.